The molecule has 1 aliphatic heterocycles. The summed E-state index contributed by atoms with van der Waals surface area (Å²) in [5.41, 5.74) is 3.81. The molecule has 0 atom stereocenters. The Labute approximate surface area is 117 Å². The molecule has 2 rings (SSSR count). The summed E-state index contributed by atoms with van der Waals surface area (Å²) in [6.07, 6.45) is 4.04. The Morgan fingerprint density at radius 3 is 2.47 bits per heavy atom. The normalized spacial score (nSPS) is 18.1. The molecule has 4 heteroatoms. The first-order valence-corrected chi connectivity index (χ1v) is 7.46. The summed E-state index contributed by atoms with van der Waals surface area (Å²) in [4.78, 5) is 2.44. The summed E-state index contributed by atoms with van der Waals surface area (Å²) in [7, 11) is 4.24. The van der Waals surface area contributed by atoms with Crippen molar-refractivity contribution in [1.82, 2.24) is 20.0 Å². The van der Waals surface area contributed by atoms with Crippen LogP contribution >= 0.6 is 0 Å². The molecule has 0 spiro atoms. The van der Waals surface area contributed by atoms with Gasteiger partial charge in [-0.2, -0.15) is 5.10 Å². The average Bonchev–Trinajstić information content (AvgIpc) is 2.62. The van der Waals surface area contributed by atoms with Crippen LogP contribution in [-0.4, -0.2) is 41.4 Å². The van der Waals surface area contributed by atoms with E-state index in [0.717, 1.165) is 24.7 Å². The van der Waals surface area contributed by atoms with Crippen molar-refractivity contribution < 1.29 is 0 Å². The van der Waals surface area contributed by atoms with Crippen LogP contribution in [0, 0.1) is 19.8 Å². The predicted molar refractivity (Wildman–Crippen MR) is 79.2 cm³/mol. The molecule has 0 unspecified atom stereocenters. The van der Waals surface area contributed by atoms with Crippen LogP contribution in [0.15, 0.2) is 0 Å². The number of piperidine rings is 1. The smallest absolute Gasteiger partial charge is 0.0641 e. The van der Waals surface area contributed by atoms with Crippen LogP contribution in [0.3, 0.4) is 0 Å². The Morgan fingerprint density at radius 2 is 1.89 bits per heavy atom. The number of hydrogen-bond donors (Lipinski definition) is 1. The van der Waals surface area contributed by atoms with E-state index in [2.05, 4.69) is 36.2 Å². The van der Waals surface area contributed by atoms with Gasteiger partial charge in [0.05, 0.1) is 5.69 Å². The first-order chi connectivity index (χ1) is 9.08. The molecule has 1 saturated heterocycles. The van der Waals surface area contributed by atoms with Gasteiger partial charge in [-0.15, -0.1) is 0 Å². The molecule has 0 saturated carbocycles. The molecule has 0 amide bonds. The molecule has 1 aliphatic rings. The van der Waals surface area contributed by atoms with Gasteiger partial charge in [0.15, 0.2) is 0 Å². The van der Waals surface area contributed by atoms with Gasteiger partial charge in [0.25, 0.3) is 0 Å². The lowest BCUT2D eigenvalue weighted by molar-refractivity contribution is 0.211. The number of nitrogens with one attached hydrogen (secondary N) is 1. The number of likely N-dealkylation sites (tertiary alicyclic amines) is 1. The molecule has 2 heterocycles. The molecule has 1 N–H and O–H groups in total. The molecule has 1 aromatic rings. The van der Waals surface area contributed by atoms with E-state index in [1.54, 1.807) is 0 Å². The topological polar surface area (TPSA) is 33.1 Å². The van der Waals surface area contributed by atoms with Crippen molar-refractivity contribution in [3.63, 3.8) is 0 Å². The monoisotopic (exact) mass is 264 g/mol. The van der Waals surface area contributed by atoms with Crippen LogP contribution in [0.1, 0.15) is 36.2 Å². The summed E-state index contributed by atoms with van der Waals surface area (Å²) < 4.78 is 1.98. The fourth-order valence-corrected chi connectivity index (χ4v) is 2.94. The van der Waals surface area contributed by atoms with E-state index in [0.29, 0.717) is 0 Å². The van der Waals surface area contributed by atoms with Crippen LogP contribution in [0.5, 0.6) is 0 Å². The van der Waals surface area contributed by atoms with Gasteiger partial charge in [-0.1, -0.05) is 0 Å². The zero-order chi connectivity index (χ0) is 13.8. The number of aromatic nitrogens is 2. The van der Waals surface area contributed by atoms with E-state index in [-0.39, 0.29) is 0 Å². The van der Waals surface area contributed by atoms with Gasteiger partial charge >= 0.3 is 0 Å². The van der Waals surface area contributed by atoms with E-state index in [1.807, 2.05) is 11.7 Å². The number of hydrogen-bond acceptors (Lipinski definition) is 3. The Balaban J connectivity index is 1.69. The van der Waals surface area contributed by atoms with Gasteiger partial charge < -0.3 is 10.2 Å². The first-order valence-electron chi connectivity index (χ1n) is 7.46. The molecule has 0 bridgehead atoms. The van der Waals surface area contributed by atoms with Gasteiger partial charge in [-0.05, 0) is 65.7 Å². The van der Waals surface area contributed by atoms with Crippen molar-refractivity contribution in [2.75, 3.05) is 26.7 Å². The minimum atomic E-state index is 0.916. The molecule has 19 heavy (non-hydrogen) atoms. The van der Waals surface area contributed by atoms with Gasteiger partial charge in [-0.3, -0.25) is 4.68 Å². The van der Waals surface area contributed by atoms with Gasteiger partial charge in [0, 0.05) is 24.8 Å². The van der Waals surface area contributed by atoms with Crippen LogP contribution in [-0.2, 0) is 13.6 Å². The largest absolute Gasteiger partial charge is 0.313 e. The Hall–Kier alpha value is -0.870. The maximum absolute atomic E-state index is 4.46. The highest BCUT2D eigenvalue weighted by Gasteiger charge is 2.16. The van der Waals surface area contributed by atoms with Crippen molar-refractivity contribution >= 4 is 0 Å². The lowest BCUT2D eigenvalue weighted by Crippen LogP contribution is -2.31. The molecule has 1 aromatic heterocycles. The SMILES string of the molecule is Cc1nn(C)c(C)c1CNCCC1CCN(C)CC1. The minimum absolute atomic E-state index is 0.916. The van der Waals surface area contributed by atoms with E-state index in [9.17, 15) is 0 Å². The van der Waals surface area contributed by atoms with E-state index in [4.69, 9.17) is 0 Å². The summed E-state index contributed by atoms with van der Waals surface area (Å²) in [5.74, 6) is 0.916. The van der Waals surface area contributed by atoms with Crippen LogP contribution in [0.4, 0.5) is 0 Å². The zero-order valence-electron chi connectivity index (χ0n) is 12.9. The highest BCUT2D eigenvalue weighted by molar-refractivity contribution is 5.23. The van der Waals surface area contributed by atoms with Crippen molar-refractivity contribution in [3.8, 4) is 0 Å². The zero-order valence-corrected chi connectivity index (χ0v) is 12.9. The van der Waals surface area contributed by atoms with Crippen molar-refractivity contribution in [3.05, 3.63) is 17.0 Å². The van der Waals surface area contributed by atoms with Gasteiger partial charge in [0.1, 0.15) is 0 Å². The number of nitrogens with zero attached hydrogens (tertiary/aromatic N) is 3. The third kappa shape index (κ3) is 3.80. The Morgan fingerprint density at radius 1 is 1.21 bits per heavy atom. The second-order valence-corrected chi connectivity index (χ2v) is 5.99. The Bertz CT molecular complexity index is 403. The van der Waals surface area contributed by atoms with E-state index >= 15 is 0 Å². The molecular formula is C15H28N4. The molecule has 1 fully saturated rings. The molecule has 4 nitrogen and oxygen atoms in total. The van der Waals surface area contributed by atoms with Crippen LogP contribution in [0.25, 0.3) is 0 Å². The van der Waals surface area contributed by atoms with Crippen molar-refractivity contribution in [1.29, 1.82) is 0 Å². The highest BCUT2D eigenvalue weighted by Crippen LogP contribution is 2.19. The van der Waals surface area contributed by atoms with Gasteiger partial charge in [-0.25, -0.2) is 0 Å². The van der Waals surface area contributed by atoms with E-state index in [1.165, 1.54) is 43.6 Å². The van der Waals surface area contributed by atoms with E-state index < -0.39 is 0 Å². The fraction of sp³-hybridized carbons (Fsp3) is 0.800. The van der Waals surface area contributed by atoms with Crippen molar-refractivity contribution in [2.45, 2.75) is 39.7 Å². The highest BCUT2D eigenvalue weighted by atomic mass is 15.3. The lowest BCUT2D eigenvalue weighted by Gasteiger charge is -2.28. The van der Waals surface area contributed by atoms with Crippen LogP contribution < -0.4 is 5.32 Å². The maximum Gasteiger partial charge on any atom is 0.0641 e. The lowest BCUT2D eigenvalue weighted by atomic mass is 9.94. The molecular weight excluding hydrogens is 236 g/mol. The molecule has 0 aliphatic carbocycles. The quantitative estimate of drug-likeness (QED) is 0.824. The fourth-order valence-electron chi connectivity index (χ4n) is 2.94. The summed E-state index contributed by atoms with van der Waals surface area (Å²) in [6, 6.07) is 0. The predicted octanol–water partition coefficient (Wildman–Crippen LogP) is 1.86. The van der Waals surface area contributed by atoms with Gasteiger partial charge in [0.2, 0.25) is 0 Å². The Kier molecular flexibility index (Phi) is 4.99. The summed E-state index contributed by atoms with van der Waals surface area (Å²) in [5, 5.41) is 8.05. The second kappa shape index (κ2) is 6.53. The molecule has 0 radical (unpaired) electrons. The van der Waals surface area contributed by atoms with Crippen molar-refractivity contribution in [2.24, 2.45) is 13.0 Å². The molecule has 108 valence electrons. The second-order valence-electron chi connectivity index (χ2n) is 5.99. The summed E-state index contributed by atoms with van der Waals surface area (Å²) in [6.45, 7) is 8.87. The number of rotatable bonds is 5. The van der Waals surface area contributed by atoms with Crippen LogP contribution in [0.2, 0.25) is 0 Å². The standard InChI is InChI=1S/C15H28N4/c1-12-15(13(2)19(4)17-12)11-16-8-5-14-6-9-18(3)10-7-14/h14,16H,5-11H2,1-4H3. The minimum Gasteiger partial charge on any atom is -0.313 e. The molecule has 0 aromatic carbocycles. The maximum atomic E-state index is 4.46. The average molecular weight is 264 g/mol. The third-order valence-corrected chi connectivity index (χ3v) is 4.53. The third-order valence-electron chi connectivity index (χ3n) is 4.53. The first kappa shape index (κ1) is 14.5. The number of aryl methyl sites for hydroxylation is 2. The summed E-state index contributed by atoms with van der Waals surface area (Å²) >= 11 is 0.